The average Bonchev–Trinajstić information content (AvgIpc) is 2.76. The minimum atomic E-state index is -0.562. The zero-order valence-corrected chi connectivity index (χ0v) is 21.7. The molecule has 0 aliphatic rings. The minimum absolute atomic E-state index is 0.0511. The Morgan fingerprint density at radius 3 is 2.35 bits per heavy atom. The Hall–Kier alpha value is -2.58. The third kappa shape index (κ3) is 11.5. The number of carbonyl (C=O) groups is 2. The van der Waals surface area contributed by atoms with Crippen molar-refractivity contribution < 1.29 is 14.3 Å². The Morgan fingerprint density at radius 1 is 1.03 bits per heavy atom. The van der Waals surface area contributed by atoms with Gasteiger partial charge in [-0.05, 0) is 44.4 Å². The number of nitrogens with one attached hydrogen (secondary N) is 3. The number of pyridine rings is 1. The molecule has 3 N–H and O–H groups in total. The predicted molar refractivity (Wildman–Crippen MR) is 139 cm³/mol. The van der Waals surface area contributed by atoms with Crippen LogP contribution in [0.15, 0.2) is 54.9 Å². The van der Waals surface area contributed by atoms with E-state index in [2.05, 4.69) is 20.9 Å². The summed E-state index contributed by atoms with van der Waals surface area (Å²) in [5.41, 5.74) is 1.53. The molecule has 1 heterocycles. The van der Waals surface area contributed by atoms with Gasteiger partial charge in [0.05, 0.1) is 6.04 Å². The van der Waals surface area contributed by atoms with Gasteiger partial charge in [0.1, 0.15) is 5.60 Å². The van der Waals surface area contributed by atoms with E-state index in [1.54, 1.807) is 24.2 Å². The molecule has 0 saturated carbocycles. The van der Waals surface area contributed by atoms with Gasteiger partial charge in [0.15, 0.2) is 0 Å². The Morgan fingerprint density at radius 2 is 1.74 bits per heavy atom. The third-order valence-corrected chi connectivity index (χ3v) is 5.90. The summed E-state index contributed by atoms with van der Waals surface area (Å²) in [5.74, 6) is 1.18. The maximum absolute atomic E-state index is 12.9. The Kier molecular flexibility index (Phi) is 11.4. The molecule has 0 unspecified atom stereocenters. The van der Waals surface area contributed by atoms with E-state index in [-0.39, 0.29) is 24.0 Å². The number of amides is 2. The van der Waals surface area contributed by atoms with E-state index in [1.807, 2.05) is 77.1 Å². The molecule has 0 bridgehead atoms. The average molecular weight is 487 g/mol. The summed E-state index contributed by atoms with van der Waals surface area (Å²) in [6.07, 6.45) is 3.71. The lowest BCUT2D eigenvalue weighted by atomic mass is 10.1. The fraction of sp³-hybridized carbons (Fsp3) is 0.500. The normalized spacial score (nSPS) is 13.2. The summed E-state index contributed by atoms with van der Waals surface area (Å²) in [6, 6.07) is 13.5. The number of nitrogens with zero attached hydrogens (tertiary/aromatic N) is 1. The Balaban J connectivity index is 1.95. The van der Waals surface area contributed by atoms with E-state index in [1.165, 1.54) is 0 Å². The summed E-state index contributed by atoms with van der Waals surface area (Å²) in [6.45, 7) is 10.0. The molecular weight excluding hydrogens is 448 g/mol. The number of alkyl carbamates (subject to hydrolysis) is 1. The molecule has 34 heavy (non-hydrogen) atoms. The number of carbonyl (C=O) groups excluding carboxylic acids is 2. The molecule has 2 amide bonds. The maximum Gasteiger partial charge on any atom is 0.407 e. The topological polar surface area (TPSA) is 92.4 Å². The van der Waals surface area contributed by atoms with Crippen LogP contribution < -0.4 is 16.0 Å². The van der Waals surface area contributed by atoms with E-state index in [4.69, 9.17) is 4.74 Å². The van der Waals surface area contributed by atoms with Gasteiger partial charge in [-0.3, -0.25) is 9.78 Å². The van der Waals surface area contributed by atoms with Crippen LogP contribution in [0.4, 0.5) is 4.79 Å². The molecule has 1 aromatic heterocycles. The van der Waals surface area contributed by atoms with Crippen molar-refractivity contribution in [3.63, 3.8) is 0 Å². The second kappa shape index (κ2) is 14.0. The molecule has 186 valence electrons. The van der Waals surface area contributed by atoms with Crippen LogP contribution in [0.25, 0.3) is 0 Å². The van der Waals surface area contributed by atoms with Gasteiger partial charge in [-0.2, -0.15) is 11.8 Å². The number of hydrogen-bond donors (Lipinski definition) is 3. The highest BCUT2D eigenvalue weighted by Gasteiger charge is 2.22. The summed E-state index contributed by atoms with van der Waals surface area (Å²) in [5, 5.41) is 9.35. The highest BCUT2D eigenvalue weighted by atomic mass is 32.2. The molecule has 0 saturated heterocycles. The summed E-state index contributed by atoms with van der Waals surface area (Å²) >= 11 is 1.63. The number of ether oxygens (including phenoxy) is 1. The van der Waals surface area contributed by atoms with Gasteiger partial charge in [0.2, 0.25) is 5.91 Å². The van der Waals surface area contributed by atoms with Gasteiger partial charge in [-0.25, -0.2) is 4.79 Å². The molecule has 2 rings (SSSR count). The van der Waals surface area contributed by atoms with Gasteiger partial charge in [-0.1, -0.05) is 50.2 Å². The first kappa shape index (κ1) is 27.7. The van der Waals surface area contributed by atoms with Crippen molar-refractivity contribution in [1.29, 1.82) is 0 Å². The zero-order chi connectivity index (χ0) is 25.0. The standard InChI is InChI=1S/C26H38N4O3S/c1-19(2)29-23(24(31)28-16-21-12-9-13-27-15-21)18-34-17-22(14-20-10-7-6-8-11-20)30-25(32)33-26(3,4)5/h6-13,15,19,22-23,29H,14,16-18H2,1-5H3,(H,28,31)(H,30,32)/t22-,23-/m0/s1. The van der Waals surface area contributed by atoms with Crippen molar-refractivity contribution in [2.45, 2.75) is 71.3 Å². The van der Waals surface area contributed by atoms with Crippen LogP contribution in [0.5, 0.6) is 0 Å². The molecular formula is C26H38N4O3S. The molecule has 0 aliphatic carbocycles. The molecule has 2 atom stereocenters. The van der Waals surface area contributed by atoms with Gasteiger partial charge < -0.3 is 20.7 Å². The number of benzene rings is 1. The van der Waals surface area contributed by atoms with Gasteiger partial charge in [-0.15, -0.1) is 0 Å². The fourth-order valence-electron chi connectivity index (χ4n) is 3.27. The number of aromatic nitrogens is 1. The minimum Gasteiger partial charge on any atom is -0.444 e. The zero-order valence-electron chi connectivity index (χ0n) is 20.8. The van der Waals surface area contributed by atoms with E-state index in [0.29, 0.717) is 24.5 Å². The first-order chi connectivity index (χ1) is 16.1. The molecule has 8 heteroatoms. The molecule has 7 nitrogen and oxygen atoms in total. The summed E-state index contributed by atoms with van der Waals surface area (Å²) in [4.78, 5) is 29.4. The SMILES string of the molecule is CC(C)N[C@@H](CSC[C@H](Cc1ccccc1)NC(=O)OC(C)(C)C)C(=O)NCc1cccnc1. The van der Waals surface area contributed by atoms with Gasteiger partial charge >= 0.3 is 6.09 Å². The number of hydrogen-bond acceptors (Lipinski definition) is 6. The fourth-order valence-corrected chi connectivity index (χ4v) is 4.37. The van der Waals surface area contributed by atoms with Crippen molar-refractivity contribution in [2.24, 2.45) is 0 Å². The van der Waals surface area contributed by atoms with Crippen LogP contribution in [-0.4, -0.2) is 52.2 Å². The van der Waals surface area contributed by atoms with Crippen molar-refractivity contribution in [3.8, 4) is 0 Å². The molecule has 2 aromatic rings. The van der Waals surface area contributed by atoms with Crippen LogP contribution in [0.2, 0.25) is 0 Å². The van der Waals surface area contributed by atoms with E-state index >= 15 is 0 Å². The first-order valence-corrected chi connectivity index (χ1v) is 12.8. The molecule has 0 aliphatic heterocycles. The van der Waals surface area contributed by atoms with Crippen molar-refractivity contribution in [1.82, 2.24) is 20.9 Å². The summed E-state index contributed by atoms with van der Waals surface area (Å²) in [7, 11) is 0. The monoisotopic (exact) mass is 486 g/mol. The lowest BCUT2D eigenvalue weighted by molar-refractivity contribution is -0.122. The van der Waals surface area contributed by atoms with Crippen LogP contribution in [0.3, 0.4) is 0 Å². The molecule has 1 aromatic carbocycles. The lowest BCUT2D eigenvalue weighted by Crippen LogP contribution is -2.48. The van der Waals surface area contributed by atoms with Gasteiger partial charge in [0.25, 0.3) is 0 Å². The second-order valence-electron chi connectivity index (χ2n) is 9.52. The largest absolute Gasteiger partial charge is 0.444 e. The highest BCUT2D eigenvalue weighted by Crippen LogP contribution is 2.13. The van der Waals surface area contributed by atoms with Gasteiger partial charge in [0, 0.05) is 42.5 Å². The van der Waals surface area contributed by atoms with Crippen LogP contribution in [-0.2, 0) is 22.5 Å². The summed E-state index contributed by atoms with van der Waals surface area (Å²) < 4.78 is 5.46. The maximum atomic E-state index is 12.9. The molecule has 0 radical (unpaired) electrons. The Bertz CT molecular complexity index is 873. The quantitative estimate of drug-likeness (QED) is 0.421. The van der Waals surface area contributed by atoms with Crippen LogP contribution in [0, 0.1) is 0 Å². The van der Waals surface area contributed by atoms with E-state index in [9.17, 15) is 9.59 Å². The smallest absolute Gasteiger partial charge is 0.407 e. The number of thioether (sulfide) groups is 1. The molecule has 0 spiro atoms. The van der Waals surface area contributed by atoms with E-state index < -0.39 is 11.7 Å². The van der Waals surface area contributed by atoms with Crippen LogP contribution in [0.1, 0.15) is 45.7 Å². The van der Waals surface area contributed by atoms with E-state index in [0.717, 1.165) is 11.1 Å². The third-order valence-electron chi connectivity index (χ3n) is 4.69. The lowest BCUT2D eigenvalue weighted by Gasteiger charge is -2.25. The second-order valence-corrected chi connectivity index (χ2v) is 10.6. The van der Waals surface area contributed by atoms with Crippen LogP contribution >= 0.6 is 11.8 Å². The van der Waals surface area contributed by atoms with Crippen molar-refractivity contribution in [3.05, 3.63) is 66.0 Å². The first-order valence-electron chi connectivity index (χ1n) is 11.7. The Labute approximate surface area is 207 Å². The predicted octanol–water partition coefficient (Wildman–Crippen LogP) is 3.93. The highest BCUT2D eigenvalue weighted by molar-refractivity contribution is 7.99. The van der Waals surface area contributed by atoms with Crippen molar-refractivity contribution >= 4 is 23.8 Å². The molecule has 0 fully saturated rings. The number of rotatable bonds is 12. The van der Waals surface area contributed by atoms with Crippen molar-refractivity contribution in [2.75, 3.05) is 11.5 Å².